The summed E-state index contributed by atoms with van der Waals surface area (Å²) in [6.07, 6.45) is 1.10. The van der Waals surface area contributed by atoms with E-state index in [-0.39, 0.29) is 35.8 Å². The number of amides is 2. The van der Waals surface area contributed by atoms with Crippen molar-refractivity contribution in [2.75, 3.05) is 5.75 Å². The number of benzene rings is 3. The zero-order valence-electron chi connectivity index (χ0n) is 21.8. The molecule has 0 aliphatic rings. The number of nitro benzene ring substituents is 1. The second-order valence-corrected chi connectivity index (χ2v) is 11.0. The lowest BCUT2D eigenvalue weighted by molar-refractivity contribution is -0.384. The Morgan fingerprint density at radius 2 is 1.72 bits per heavy atom. The molecule has 206 valence electrons. The first kappa shape index (κ1) is 30.5. The van der Waals surface area contributed by atoms with E-state index in [9.17, 15) is 19.7 Å². The SMILES string of the molecule is CC[C@H](C)NC(=O)[C@@H](Cc1ccccc1)N(Cc1ccc(Cl)cc1Cl)C(=O)CSCc1ccc([N+](=O)[O-])cc1. The third-order valence-electron chi connectivity index (χ3n) is 6.27. The first-order valence-corrected chi connectivity index (χ1v) is 14.5. The van der Waals surface area contributed by atoms with E-state index in [4.69, 9.17) is 23.2 Å². The molecule has 0 aliphatic carbocycles. The maximum absolute atomic E-state index is 13.7. The lowest BCUT2D eigenvalue weighted by Crippen LogP contribution is -2.52. The van der Waals surface area contributed by atoms with Crippen LogP contribution < -0.4 is 5.32 Å². The van der Waals surface area contributed by atoms with Crippen LogP contribution >= 0.6 is 35.0 Å². The molecule has 0 unspecified atom stereocenters. The number of carbonyl (C=O) groups is 2. The highest BCUT2D eigenvalue weighted by molar-refractivity contribution is 7.99. The average Bonchev–Trinajstić information content (AvgIpc) is 2.92. The van der Waals surface area contributed by atoms with Crippen LogP contribution in [0.25, 0.3) is 0 Å². The fraction of sp³-hybridized carbons (Fsp3) is 0.310. The highest BCUT2D eigenvalue weighted by atomic mass is 35.5. The first-order chi connectivity index (χ1) is 18.7. The van der Waals surface area contributed by atoms with Crippen molar-refractivity contribution < 1.29 is 14.5 Å². The van der Waals surface area contributed by atoms with Crippen molar-refractivity contribution in [3.63, 3.8) is 0 Å². The van der Waals surface area contributed by atoms with Gasteiger partial charge in [0.25, 0.3) is 5.69 Å². The van der Waals surface area contributed by atoms with E-state index in [1.54, 1.807) is 35.2 Å². The molecule has 0 aliphatic heterocycles. The van der Waals surface area contributed by atoms with Crippen molar-refractivity contribution in [3.05, 3.63) is 110 Å². The summed E-state index contributed by atoms with van der Waals surface area (Å²) in [6, 6.07) is 20.1. The van der Waals surface area contributed by atoms with E-state index in [1.807, 2.05) is 44.2 Å². The minimum absolute atomic E-state index is 0.0157. The smallest absolute Gasteiger partial charge is 0.269 e. The standard InChI is InChI=1S/C29H31Cl2N3O4S/c1-3-20(2)32-29(36)27(15-21-7-5-4-6-8-21)33(17-23-11-12-24(30)16-26(23)31)28(35)19-39-18-22-9-13-25(14-10-22)34(37)38/h4-14,16,20,27H,3,15,17-19H2,1-2H3,(H,32,36)/t20-,27+/m0/s1. The average molecular weight is 589 g/mol. The van der Waals surface area contributed by atoms with Gasteiger partial charge in [-0.2, -0.15) is 0 Å². The predicted octanol–water partition coefficient (Wildman–Crippen LogP) is 6.69. The van der Waals surface area contributed by atoms with Crippen molar-refractivity contribution in [2.24, 2.45) is 0 Å². The summed E-state index contributed by atoms with van der Waals surface area (Å²) in [7, 11) is 0. The van der Waals surface area contributed by atoms with Crippen LogP contribution in [0.15, 0.2) is 72.8 Å². The second-order valence-electron chi connectivity index (χ2n) is 9.20. The molecule has 0 saturated carbocycles. The van der Waals surface area contributed by atoms with Gasteiger partial charge in [0.1, 0.15) is 6.04 Å². The Bertz CT molecular complexity index is 1280. The van der Waals surface area contributed by atoms with Gasteiger partial charge in [0.15, 0.2) is 0 Å². The molecule has 0 fully saturated rings. The number of carbonyl (C=O) groups excluding carboxylic acids is 2. The Balaban J connectivity index is 1.86. The summed E-state index contributed by atoms with van der Waals surface area (Å²) in [4.78, 5) is 39.3. The maximum atomic E-state index is 13.7. The number of hydrogen-bond acceptors (Lipinski definition) is 5. The highest BCUT2D eigenvalue weighted by Crippen LogP contribution is 2.25. The normalized spacial score (nSPS) is 12.4. The molecule has 2 atom stereocenters. The van der Waals surface area contributed by atoms with Crippen LogP contribution in [-0.2, 0) is 28.3 Å². The summed E-state index contributed by atoms with van der Waals surface area (Å²) in [5.41, 5.74) is 2.49. The van der Waals surface area contributed by atoms with E-state index >= 15 is 0 Å². The predicted molar refractivity (Wildman–Crippen MR) is 158 cm³/mol. The van der Waals surface area contributed by atoms with Crippen LogP contribution in [0.5, 0.6) is 0 Å². The highest BCUT2D eigenvalue weighted by Gasteiger charge is 2.31. The summed E-state index contributed by atoms with van der Waals surface area (Å²) in [5.74, 6) is 0.159. The van der Waals surface area contributed by atoms with Crippen molar-refractivity contribution in [1.82, 2.24) is 10.2 Å². The maximum Gasteiger partial charge on any atom is 0.269 e. The van der Waals surface area contributed by atoms with Gasteiger partial charge in [-0.05, 0) is 42.2 Å². The zero-order chi connectivity index (χ0) is 28.4. The van der Waals surface area contributed by atoms with Crippen molar-refractivity contribution in [1.29, 1.82) is 0 Å². The molecular formula is C29H31Cl2N3O4S. The van der Waals surface area contributed by atoms with Gasteiger partial charge in [0.2, 0.25) is 11.8 Å². The molecule has 0 aromatic heterocycles. The van der Waals surface area contributed by atoms with Gasteiger partial charge in [-0.15, -0.1) is 11.8 Å². The number of rotatable bonds is 13. The molecule has 7 nitrogen and oxygen atoms in total. The molecule has 3 aromatic rings. The molecule has 39 heavy (non-hydrogen) atoms. The Kier molecular flexibility index (Phi) is 11.7. The summed E-state index contributed by atoms with van der Waals surface area (Å²) in [5, 5.41) is 14.9. The molecule has 2 amide bonds. The van der Waals surface area contributed by atoms with Gasteiger partial charge in [-0.1, -0.05) is 78.7 Å². The number of thioether (sulfide) groups is 1. The quantitative estimate of drug-likeness (QED) is 0.177. The van der Waals surface area contributed by atoms with Crippen molar-refractivity contribution in [3.8, 4) is 0 Å². The Labute approximate surface area is 243 Å². The van der Waals surface area contributed by atoms with Crippen molar-refractivity contribution in [2.45, 2.75) is 51.1 Å². The Hall–Kier alpha value is -3.07. The van der Waals surface area contributed by atoms with Crippen molar-refractivity contribution >= 4 is 52.5 Å². The van der Waals surface area contributed by atoms with Gasteiger partial charge in [-0.25, -0.2) is 0 Å². The van der Waals surface area contributed by atoms with E-state index in [1.165, 1.54) is 23.9 Å². The molecule has 0 spiro atoms. The number of hydrogen-bond donors (Lipinski definition) is 1. The van der Waals surface area contributed by atoms with Crippen LogP contribution in [-0.4, -0.2) is 39.5 Å². The lowest BCUT2D eigenvalue weighted by atomic mass is 10.0. The largest absolute Gasteiger partial charge is 0.352 e. The number of nitrogens with zero attached hydrogens (tertiary/aromatic N) is 2. The third-order valence-corrected chi connectivity index (χ3v) is 7.84. The van der Waals surface area contributed by atoms with Crippen LogP contribution in [0.4, 0.5) is 5.69 Å². The number of nitro groups is 1. The van der Waals surface area contributed by atoms with Gasteiger partial charge in [-0.3, -0.25) is 19.7 Å². The Morgan fingerprint density at radius 1 is 1.03 bits per heavy atom. The topological polar surface area (TPSA) is 92.6 Å². The lowest BCUT2D eigenvalue weighted by Gasteiger charge is -2.32. The van der Waals surface area contributed by atoms with Crippen LogP contribution in [0, 0.1) is 10.1 Å². The van der Waals surface area contributed by atoms with Crippen LogP contribution in [0.2, 0.25) is 10.0 Å². The molecule has 3 rings (SSSR count). The fourth-order valence-electron chi connectivity index (χ4n) is 3.88. The molecular weight excluding hydrogens is 557 g/mol. The minimum Gasteiger partial charge on any atom is -0.352 e. The molecule has 1 N–H and O–H groups in total. The summed E-state index contributed by atoms with van der Waals surface area (Å²) >= 11 is 13.9. The van der Waals surface area contributed by atoms with Gasteiger partial charge >= 0.3 is 0 Å². The number of non-ortho nitro benzene ring substituents is 1. The molecule has 0 radical (unpaired) electrons. The third kappa shape index (κ3) is 9.27. The molecule has 0 heterocycles. The van der Waals surface area contributed by atoms with Crippen LogP contribution in [0.1, 0.15) is 37.0 Å². The van der Waals surface area contributed by atoms with E-state index in [0.717, 1.165) is 17.5 Å². The van der Waals surface area contributed by atoms with Crippen LogP contribution in [0.3, 0.4) is 0 Å². The fourth-order valence-corrected chi connectivity index (χ4v) is 5.22. The zero-order valence-corrected chi connectivity index (χ0v) is 24.1. The van der Waals surface area contributed by atoms with E-state index in [0.29, 0.717) is 27.8 Å². The van der Waals surface area contributed by atoms with Gasteiger partial charge in [0.05, 0.1) is 10.7 Å². The minimum atomic E-state index is -0.763. The molecule has 10 heteroatoms. The Morgan fingerprint density at radius 3 is 2.33 bits per heavy atom. The van der Waals surface area contributed by atoms with E-state index in [2.05, 4.69) is 5.32 Å². The van der Waals surface area contributed by atoms with Gasteiger partial charge < -0.3 is 10.2 Å². The number of halogens is 2. The summed E-state index contributed by atoms with van der Waals surface area (Å²) < 4.78 is 0. The molecule has 0 bridgehead atoms. The molecule has 0 saturated heterocycles. The summed E-state index contributed by atoms with van der Waals surface area (Å²) in [6.45, 7) is 4.06. The monoisotopic (exact) mass is 587 g/mol. The first-order valence-electron chi connectivity index (χ1n) is 12.6. The second kappa shape index (κ2) is 14.9. The number of nitrogens with one attached hydrogen (secondary N) is 1. The molecule has 3 aromatic carbocycles. The van der Waals surface area contributed by atoms with E-state index < -0.39 is 11.0 Å². The van der Waals surface area contributed by atoms with Gasteiger partial charge in [0, 0.05) is 46.9 Å².